The van der Waals surface area contributed by atoms with Gasteiger partial charge in [0.2, 0.25) is 5.56 Å². The van der Waals surface area contributed by atoms with Gasteiger partial charge >= 0.3 is 6.09 Å². The zero-order valence-corrected chi connectivity index (χ0v) is 29.9. The van der Waals surface area contributed by atoms with Crippen molar-refractivity contribution in [3.63, 3.8) is 0 Å². The van der Waals surface area contributed by atoms with E-state index in [0.29, 0.717) is 53.5 Å². The summed E-state index contributed by atoms with van der Waals surface area (Å²) < 4.78 is 6.24. The molecule has 12 nitrogen and oxygen atoms in total. The molecule has 1 amide bonds. The molecule has 54 heavy (non-hydrogen) atoms. The summed E-state index contributed by atoms with van der Waals surface area (Å²) >= 11 is 0. The molecular weight excluding hydrogens is 688 g/mol. The first kappa shape index (κ1) is 38.0. The molecule has 3 atom stereocenters. The number of rotatable bonds is 13. The summed E-state index contributed by atoms with van der Waals surface area (Å²) in [4.78, 5) is 39.8. The van der Waals surface area contributed by atoms with Crippen LogP contribution in [-0.2, 0) is 17.8 Å². The summed E-state index contributed by atoms with van der Waals surface area (Å²) in [5.74, 6) is 1.25. The normalized spacial score (nSPS) is 18.6. The van der Waals surface area contributed by atoms with Crippen LogP contribution in [-0.4, -0.2) is 75.6 Å². The molecule has 2 bridgehead atoms. The van der Waals surface area contributed by atoms with Gasteiger partial charge in [-0.1, -0.05) is 66.7 Å². The largest absolute Gasteiger partial charge is 0.506 e. The third-order valence-electron chi connectivity index (χ3n) is 10.4. The van der Waals surface area contributed by atoms with E-state index in [1.165, 1.54) is 12.1 Å². The van der Waals surface area contributed by atoms with Crippen molar-refractivity contribution in [2.75, 3.05) is 37.6 Å². The number of amides is 1. The minimum Gasteiger partial charge on any atom is -0.506 e. The van der Waals surface area contributed by atoms with E-state index in [1.54, 1.807) is 17.0 Å². The number of nitrogens with one attached hydrogen (secondary N) is 2. The van der Waals surface area contributed by atoms with Crippen molar-refractivity contribution in [1.29, 1.82) is 0 Å². The Morgan fingerprint density at radius 2 is 1.70 bits per heavy atom. The van der Waals surface area contributed by atoms with E-state index in [1.807, 2.05) is 66.7 Å². The number of aromatic hydroxyl groups is 1. The van der Waals surface area contributed by atoms with Gasteiger partial charge < -0.3 is 40.4 Å². The third-order valence-corrected chi connectivity index (χ3v) is 10.4. The Morgan fingerprint density at radius 1 is 0.963 bits per heavy atom. The number of aliphatic hydroxyl groups is 1. The molecular formula is C42H46N4O8. The number of ether oxygens (including phenoxy) is 1. The Kier molecular flexibility index (Phi) is 12.6. The van der Waals surface area contributed by atoms with Crippen molar-refractivity contribution in [3.05, 3.63) is 136 Å². The van der Waals surface area contributed by atoms with Gasteiger partial charge in [-0.2, -0.15) is 0 Å². The monoisotopic (exact) mass is 734 g/mol. The number of nitrogens with zero attached hydrogens (tertiary/aromatic N) is 2. The highest BCUT2D eigenvalue weighted by molar-refractivity contribution is 5.88. The number of fused-ring (bicyclic) bond motifs is 4. The summed E-state index contributed by atoms with van der Waals surface area (Å²) in [5.41, 5.74) is 4.32. The lowest BCUT2D eigenvalue weighted by atomic mass is 9.73. The van der Waals surface area contributed by atoms with Gasteiger partial charge in [0, 0.05) is 30.6 Å². The number of H-pyrrole nitrogens is 1. The number of carboxylic acid groups (broad SMARTS) is 2. The molecule has 0 spiro atoms. The first-order valence-corrected chi connectivity index (χ1v) is 18.2. The fraction of sp³-hybridized carbons (Fsp3) is 0.310. The fourth-order valence-electron chi connectivity index (χ4n) is 7.89. The molecule has 3 saturated heterocycles. The smallest absolute Gasteiger partial charge is 0.412 e. The van der Waals surface area contributed by atoms with Crippen LogP contribution < -0.4 is 20.5 Å². The Labute approximate surface area is 313 Å². The van der Waals surface area contributed by atoms with Crippen LogP contribution in [0.2, 0.25) is 0 Å². The van der Waals surface area contributed by atoms with Gasteiger partial charge in [0.25, 0.3) is 6.47 Å². The first-order chi connectivity index (χ1) is 26.2. The highest BCUT2D eigenvalue weighted by Gasteiger charge is 2.43. The summed E-state index contributed by atoms with van der Waals surface area (Å²) in [6.45, 7) is 4.08. The molecule has 12 heteroatoms. The molecule has 0 aliphatic carbocycles. The maximum absolute atomic E-state index is 13.0. The summed E-state index contributed by atoms with van der Waals surface area (Å²) in [6, 6.07) is 31.4. The molecule has 3 aliphatic rings. The minimum atomic E-state index is -0.973. The van der Waals surface area contributed by atoms with Crippen LogP contribution in [0.4, 0.5) is 10.5 Å². The summed E-state index contributed by atoms with van der Waals surface area (Å²) in [7, 11) is 0. The number of phenols is 1. The van der Waals surface area contributed by atoms with Gasteiger partial charge in [-0.3, -0.25) is 14.5 Å². The van der Waals surface area contributed by atoms with Gasteiger partial charge in [0.15, 0.2) is 0 Å². The number of aromatic nitrogens is 1. The number of hydrogen-bond donors (Lipinski definition) is 6. The molecule has 0 radical (unpaired) electrons. The molecule has 3 fully saturated rings. The Bertz CT molecular complexity index is 2080. The van der Waals surface area contributed by atoms with E-state index in [4.69, 9.17) is 14.6 Å². The molecule has 6 N–H and O–H groups in total. The van der Waals surface area contributed by atoms with Crippen molar-refractivity contribution in [1.82, 2.24) is 15.2 Å². The van der Waals surface area contributed by atoms with Crippen LogP contribution in [0.5, 0.6) is 11.5 Å². The fourth-order valence-corrected chi connectivity index (χ4v) is 7.89. The number of phenolic OH excluding ortho intramolecular Hbond substituents is 1. The number of hydrogen-bond acceptors (Lipinski definition) is 8. The number of pyridine rings is 1. The van der Waals surface area contributed by atoms with E-state index in [2.05, 4.69) is 27.3 Å². The van der Waals surface area contributed by atoms with Crippen LogP contribution in [0.3, 0.4) is 0 Å². The maximum atomic E-state index is 13.0. The lowest BCUT2D eigenvalue weighted by Crippen LogP contribution is -2.53. The number of carbonyl (C=O) groups is 2. The topological polar surface area (TPSA) is 176 Å². The standard InChI is InChI=1S/C41H44N4O6.CH2O2/c46-36-14-12-33(34-13-15-38(48)43-39(34)36)37(47)24-42-19-16-27-6-4-7-28(22-27)26-51-32-11-5-10-31(23-32)45(41(49)50)40(30-8-2-1-3-9-30)35-25-44-20-17-29(35)18-21-44;2-1-3/h1-15,22-23,29,35,37,40,42,46-47H,16-21,24-26H2,(H,43,48)(H,49,50);1H,(H,2,3)/t35?,37-,40-;/m0./s1. The van der Waals surface area contributed by atoms with Crippen molar-refractivity contribution in [2.45, 2.75) is 38.0 Å². The van der Waals surface area contributed by atoms with Gasteiger partial charge in [-0.25, -0.2) is 4.79 Å². The molecule has 4 heterocycles. The van der Waals surface area contributed by atoms with Gasteiger partial charge in [-0.05, 0) is 97.3 Å². The van der Waals surface area contributed by atoms with Crippen molar-refractivity contribution in [3.8, 4) is 11.5 Å². The molecule has 4 aromatic carbocycles. The second-order valence-electron chi connectivity index (χ2n) is 13.8. The first-order valence-electron chi connectivity index (χ1n) is 18.2. The average molecular weight is 735 g/mol. The Morgan fingerprint density at radius 3 is 2.43 bits per heavy atom. The quantitative estimate of drug-likeness (QED) is 0.0627. The zero-order chi connectivity index (χ0) is 38.0. The van der Waals surface area contributed by atoms with Crippen molar-refractivity contribution >= 4 is 29.2 Å². The van der Waals surface area contributed by atoms with Crippen molar-refractivity contribution in [2.24, 2.45) is 11.8 Å². The Hall–Kier alpha value is -5.69. The summed E-state index contributed by atoms with van der Waals surface area (Å²) in [6.07, 6.45) is 1.13. The SMILES string of the molecule is O=C(O)N(c1cccc(OCc2cccc(CCNC[C@H](O)c3ccc(O)c4[nH]c(=O)ccc34)c2)c1)[C@@H](c1ccccc1)C1CN2CCC1CC2.O=CO. The molecule has 3 aliphatic heterocycles. The molecule has 0 saturated carbocycles. The van der Waals surface area contributed by atoms with Gasteiger partial charge in [0.1, 0.15) is 18.1 Å². The predicted octanol–water partition coefficient (Wildman–Crippen LogP) is 5.95. The minimum absolute atomic E-state index is 0.0400. The number of aliphatic hydroxyl groups excluding tert-OH is 1. The number of aromatic amines is 1. The van der Waals surface area contributed by atoms with Crippen LogP contribution in [0, 0.1) is 11.8 Å². The second-order valence-corrected chi connectivity index (χ2v) is 13.8. The van der Waals surface area contributed by atoms with E-state index in [9.17, 15) is 24.9 Å². The zero-order valence-electron chi connectivity index (χ0n) is 29.9. The van der Waals surface area contributed by atoms with Gasteiger partial charge in [-0.15, -0.1) is 0 Å². The molecule has 8 rings (SSSR count). The molecule has 1 aromatic heterocycles. The summed E-state index contributed by atoms with van der Waals surface area (Å²) in [5, 5.41) is 42.5. The average Bonchev–Trinajstić information content (AvgIpc) is 3.19. The number of benzene rings is 4. The van der Waals surface area contributed by atoms with E-state index >= 15 is 0 Å². The highest BCUT2D eigenvalue weighted by atomic mass is 16.5. The van der Waals surface area contributed by atoms with Crippen LogP contribution >= 0.6 is 0 Å². The van der Waals surface area contributed by atoms with E-state index < -0.39 is 12.2 Å². The van der Waals surface area contributed by atoms with E-state index in [-0.39, 0.29) is 29.7 Å². The molecule has 1 unspecified atom stereocenters. The van der Waals surface area contributed by atoms with Crippen molar-refractivity contribution < 1.29 is 34.8 Å². The third kappa shape index (κ3) is 9.08. The van der Waals surface area contributed by atoms with Crippen LogP contribution in [0.1, 0.15) is 47.2 Å². The maximum Gasteiger partial charge on any atom is 0.412 e. The number of anilines is 1. The lowest BCUT2D eigenvalue weighted by molar-refractivity contribution is -0.122. The predicted molar refractivity (Wildman–Crippen MR) is 206 cm³/mol. The Balaban J connectivity index is 0.00000160. The molecule has 5 aromatic rings. The van der Waals surface area contributed by atoms with Gasteiger partial charge in [0.05, 0.1) is 23.3 Å². The second kappa shape index (κ2) is 17.9. The van der Waals surface area contributed by atoms with Crippen LogP contribution in [0.15, 0.2) is 108 Å². The molecule has 282 valence electrons. The van der Waals surface area contributed by atoms with E-state index in [0.717, 1.165) is 55.6 Å². The number of piperidine rings is 3. The lowest BCUT2D eigenvalue weighted by Gasteiger charge is -2.49. The highest BCUT2D eigenvalue weighted by Crippen LogP contribution is 2.44. The van der Waals surface area contributed by atoms with Crippen LogP contribution in [0.25, 0.3) is 10.9 Å².